The van der Waals surface area contributed by atoms with Crippen LogP contribution in [0.4, 0.5) is 5.13 Å². The number of methoxy groups -OCH3 is 1. The Labute approximate surface area is 132 Å². The van der Waals surface area contributed by atoms with Crippen LogP contribution >= 0.6 is 11.3 Å². The van der Waals surface area contributed by atoms with Crippen molar-refractivity contribution < 1.29 is 9.15 Å². The van der Waals surface area contributed by atoms with Gasteiger partial charge in [0.2, 0.25) is 5.13 Å². The van der Waals surface area contributed by atoms with Gasteiger partial charge >= 0.3 is 0 Å². The predicted molar refractivity (Wildman–Crippen MR) is 88.8 cm³/mol. The number of ether oxygens (including phenoxy) is 1. The third-order valence-electron chi connectivity index (χ3n) is 3.06. The summed E-state index contributed by atoms with van der Waals surface area (Å²) >= 11 is 1.56. The quantitative estimate of drug-likeness (QED) is 0.567. The van der Waals surface area contributed by atoms with E-state index in [-0.39, 0.29) is 0 Å². The lowest BCUT2D eigenvalue weighted by atomic mass is 10.1. The lowest BCUT2D eigenvalue weighted by Gasteiger charge is -2.01. The summed E-state index contributed by atoms with van der Waals surface area (Å²) in [5, 5.41) is 4.86. The van der Waals surface area contributed by atoms with E-state index >= 15 is 0 Å². The molecule has 3 aromatic rings. The van der Waals surface area contributed by atoms with Crippen molar-refractivity contribution in [1.82, 2.24) is 4.98 Å². The highest BCUT2D eigenvalue weighted by atomic mass is 32.1. The van der Waals surface area contributed by atoms with Crippen LogP contribution in [0, 0.1) is 6.92 Å². The number of nitrogens with zero attached hydrogens (tertiary/aromatic N) is 2. The van der Waals surface area contributed by atoms with E-state index in [4.69, 9.17) is 9.15 Å². The SMILES string of the molecule is COc1ccc(-c2nc(NN=Cc3ccco3)sc2C)cc1. The number of rotatable bonds is 5. The lowest BCUT2D eigenvalue weighted by Crippen LogP contribution is -1.89. The van der Waals surface area contributed by atoms with E-state index in [1.54, 1.807) is 30.9 Å². The third kappa shape index (κ3) is 3.17. The Bertz CT molecular complexity index is 761. The minimum Gasteiger partial charge on any atom is -0.497 e. The van der Waals surface area contributed by atoms with Crippen molar-refractivity contribution in [3.05, 3.63) is 53.3 Å². The van der Waals surface area contributed by atoms with E-state index < -0.39 is 0 Å². The van der Waals surface area contributed by atoms with Crippen LogP contribution in [-0.2, 0) is 0 Å². The molecule has 2 heterocycles. The zero-order valence-corrected chi connectivity index (χ0v) is 13.1. The van der Waals surface area contributed by atoms with Gasteiger partial charge < -0.3 is 9.15 Å². The fraction of sp³-hybridized carbons (Fsp3) is 0.125. The highest BCUT2D eigenvalue weighted by molar-refractivity contribution is 7.15. The summed E-state index contributed by atoms with van der Waals surface area (Å²) in [4.78, 5) is 5.70. The van der Waals surface area contributed by atoms with Gasteiger partial charge in [0.05, 0.1) is 25.3 Å². The lowest BCUT2D eigenvalue weighted by molar-refractivity contribution is 0.415. The molecule has 1 aromatic carbocycles. The van der Waals surface area contributed by atoms with E-state index in [1.165, 1.54) is 0 Å². The fourth-order valence-electron chi connectivity index (χ4n) is 1.98. The van der Waals surface area contributed by atoms with E-state index in [2.05, 4.69) is 15.5 Å². The molecule has 0 saturated carbocycles. The van der Waals surface area contributed by atoms with E-state index in [9.17, 15) is 0 Å². The van der Waals surface area contributed by atoms with Gasteiger partial charge in [-0.1, -0.05) is 0 Å². The summed E-state index contributed by atoms with van der Waals surface area (Å²) in [5.74, 6) is 1.52. The van der Waals surface area contributed by atoms with Gasteiger partial charge in [-0.05, 0) is 43.3 Å². The van der Waals surface area contributed by atoms with Crippen molar-refractivity contribution in [3.8, 4) is 17.0 Å². The number of thiazole rings is 1. The average molecular weight is 313 g/mol. The van der Waals surface area contributed by atoms with Crippen molar-refractivity contribution in [2.24, 2.45) is 5.10 Å². The van der Waals surface area contributed by atoms with Crippen molar-refractivity contribution in [3.63, 3.8) is 0 Å². The molecule has 0 aliphatic rings. The van der Waals surface area contributed by atoms with Gasteiger partial charge in [-0.25, -0.2) is 4.98 Å². The zero-order valence-electron chi connectivity index (χ0n) is 12.2. The molecular formula is C16H15N3O2S. The second kappa shape index (κ2) is 6.44. The summed E-state index contributed by atoms with van der Waals surface area (Å²) in [6.07, 6.45) is 3.22. The van der Waals surface area contributed by atoms with Gasteiger partial charge in [-0.3, -0.25) is 5.43 Å². The van der Waals surface area contributed by atoms with Gasteiger partial charge in [0, 0.05) is 10.4 Å². The van der Waals surface area contributed by atoms with Crippen LogP contribution < -0.4 is 10.2 Å². The molecule has 0 unspecified atom stereocenters. The summed E-state index contributed by atoms with van der Waals surface area (Å²) in [6.45, 7) is 2.04. The highest BCUT2D eigenvalue weighted by Crippen LogP contribution is 2.31. The van der Waals surface area contributed by atoms with Gasteiger partial charge in [0.25, 0.3) is 0 Å². The molecule has 0 radical (unpaired) electrons. The molecule has 2 aromatic heterocycles. The molecule has 0 amide bonds. The first kappa shape index (κ1) is 14.3. The first-order chi connectivity index (χ1) is 10.8. The molecule has 6 heteroatoms. The monoisotopic (exact) mass is 313 g/mol. The Morgan fingerprint density at radius 3 is 2.77 bits per heavy atom. The Morgan fingerprint density at radius 1 is 1.27 bits per heavy atom. The molecule has 0 saturated heterocycles. The molecule has 5 nitrogen and oxygen atoms in total. The van der Waals surface area contributed by atoms with Crippen LogP contribution in [0.2, 0.25) is 0 Å². The largest absolute Gasteiger partial charge is 0.497 e. The van der Waals surface area contributed by atoms with Crippen molar-refractivity contribution in [2.75, 3.05) is 12.5 Å². The number of aromatic nitrogens is 1. The van der Waals surface area contributed by atoms with Gasteiger partial charge in [0.15, 0.2) is 0 Å². The molecule has 0 atom stereocenters. The van der Waals surface area contributed by atoms with Crippen LogP contribution in [0.1, 0.15) is 10.6 Å². The Hall–Kier alpha value is -2.60. The number of hydrazone groups is 1. The second-order valence-corrected chi connectivity index (χ2v) is 5.74. The molecule has 0 aliphatic heterocycles. The number of aryl methyl sites for hydroxylation is 1. The Kier molecular flexibility index (Phi) is 4.20. The van der Waals surface area contributed by atoms with Gasteiger partial charge in [0.1, 0.15) is 11.5 Å². The Morgan fingerprint density at radius 2 is 2.09 bits per heavy atom. The fourth-order valence-corrected chi connectivity index (χ4v) is 2.76. The molecular weight excluding hydrogens is 298 g/mol. The maximum atomic E-state index is 5.17. The number of furan rings is 1. The van der Waals surface area contributed by atoms with Crippen LogP contribution in [0.5, 0.6) is 5.75 Å². The minimum absolute atomic E-state index is 0.691. The van der Waals surface area contributed by atoms with Crippen molar-refractivity contribution >= 4 is 22.7 Å². The molecule has 0 spiro atoms. The van der Waals surface area contributed by atoms with Crippen LogP contribution in [0.3, 0.4) is 0 Å². The molecule has 0 aliphatic carbocycles. The molecule has 22 heavy (non-hydrogen) atoms. The number of hydrogen-bond donors (Lipinski definition) is 1. The first-order valence-electron chi connectivity index (χ1n) is 6.70. The zero-order chi connectivity index (χ0) is 15.4. The number of benzene rings is 1. The predicted octanol–water partition coefficient (Wildman–Crippen LogP) is 4.17. The number of anilines is 1. The number of nitrogens with one attached hydrogen (secondary N) is 1. The van der Waals surface area contributed by atoms with Gasteiger partial charge in [-0.15, -0.1) is 11.3 Å². The third-order valence-corrected chi connectivity index (χ3v) is 3.93. The van der Waals surface area contributed by atoms with Crippen molar-refractivity contribution in [2.45, 2.75) is 6.92 Å². The molecule has 1 N–H and O–H groups in total. The molecule has 0 bridgehead atoms. The minimum atomic E-state index is 0.691. The van der Waals surface area contributed by atoms with E-state index in [0.717, 1.165) is 27.0 Å². The van der Waals surface area contributed by atoms with Crippen LogP contribution in [0.15, 0.2) is 52.2 Å². The molecule has 112 valence electrons. The van der Waals surface area contributed by atoms with E-state index in [1.807, 2.05) is 43.3 Å². The number of hydrogen-bond acceptors (Lipinski definition) is 6. The summed E-state index contributed by atoms with van der Waals surface area (Å²) in [5.41, 5.74) is 4.93. The first-order valence-corrected chi connectivity index (χ1v) is 7.52. The van der Waals surface area contributed by atoms with E-state index in [0.29, 0.717) is 5.76 Å². The summed E-state index contributed by atoms with van der Waals surface area (Å²) in [7, 11) is 1.65. The smallest absolute Gasteiger partial charge is 0.204 e. The molecule has 3 rings (SSSR count). The average Bonchev–Trinajstić information content (AvgIpc) is 3.17. The van der Waals surface area contributed by atoms with Crippen LogP contribution in [-0.4, -0.2) is 18.3 Å². The topological polar surface area (TPSA) is 59.6 Å². The van der Waals surface area contributed by atoms with Gasteiger partial charge in [-0.2, -0.15) is 5.10 Å². The summed E-state index contributed by atoms with van der Waals surface area (Å²) in [6, 6.07) is 11.5. The van der Waals surface area contributed by atoms with Crippen LogP contribution in [0.25, 0.3) is 11.3 Å². The maximum Gasteiger partial charge on any atom is 0.204 e. The normalized spacial score (nSPS) is 11.0. The summed E-state index contributed by atoms with van der Waals surface area (Å²) < 4.78 is 10.3. The maximum absolute atomic E-state index is 5.17. The Balaban J connectivity index is 1.75. The second-order valence-electron chi connectivity index (χ2n) is 4.54. The van der Waals surface area contributed by atoms with Crippen molar-refractivity contribution in [1.29, 1.82) is 0 Å². The molecule has 0 fully saturated rings. The highest BCUT2D eigenvalue weighted by Gasteiger charge is 2.09. The standard InChI is InChI=1S/C16H15N3O2S/c1-11-15(12-5-7-13(20-2)8-6-12)18-16(22-11)19-17-10-14-4-3-9-21-14/h3-10H,1-2H3,(H,18,19).